The summed E-state index contributed by atoms with van der Waals surface area (Å²) in [5.74, 6) is 0. The van der Waals surface area contributed by atoms with Gasteiger partial charge in [0.1, 0.15) is 0 Å². The minimum atomic E-state index is -3.51. The first-order chi connectivity index (χ1) is 9.62. The number of rotatable bonds is 7. The predicted molar refractivity (Wildman–Crippen MR) is 83.6 cm³/mol. The second kappa shape index (κ2) is 6.88. The van der Waals surface area contributed by atoms with E-state index in [1.54, 1.807) is 29.6 Å². The fraction of sp³-hybridized carbons (Fsp3) is 0.286. The van der Waals surface area contributed by atoms with Crippen molar-refractivity contribution in [1.29, 1.82) is 0 Å². The average molecular weight is 310 g/mol. The number of sulfonamides is 1. The van der Waals surface area contributed by atoms with Gasteiger partial charge >= 0.3 is 0 Å². The molecule has 108 valence electrons. The molecule has 0 bridgehead atoms. The summed E-state index contributed by atoms with van der Waals surface area (Å²) in [4.78, 5) is 0.291. The van der Waals surface area contributed by atoms with Crippen molar-refractivity contribution in [3.05, 3.63) is 46.7 Å². The van der Waals surface area contributed by atoms with Crippen LogP contribution in [-0.4, -0.2) is 15.0 Å². The highest BCUT2D eigenvalue weighted by atomic mass is 32.2. The largest absolute Gasteiger partial charge is 0.313 e. The third-order valence-electron chi connectivity index (χ3n) is 2.74. The zero-order chi connectivity index (χ0) is 14.4. The summed E-state index contributed by atoms with van der Waals surface area (Å²) in [6, 6.07) is 8.75. The lowest BCUT2D eigenvalue weighted by molar-refractivity contribution is 0.601. The Hall–Kier alpha value is -1.37. The molecule has 2 aromatic rings. The highest BCUT2D eigenvalue weighted by Gasteiger charge is 2.14. The van der Waals surface area contributed by atoms with Crippen LogP contribution in [0.25, 0.3) is 0 Å². The van der Waals surface area contributed by atoms with Crippen LogP contribution in [-0.2, 0) is 16.6 Å². The topological polar surface area (TPSA) is 58.2 Å². The van der Waals surface area contributed by atoms with E-state index in [9.17, 15) is 8.42 Å². The zero-order valence-electron chi connectivity index (χ0n) is 11.3. The standard InChI is InChI=1S/C14H18N2O2S2/c1-2-7-15-10-12-4-3-5-14(9-12)20(17,18)16-13-6-8-19-11-13/h3-6,8-9,11,15-16H,2,7,10H2,1H3. The second-order valence-electron chi connectivity index (χ2n) is 4.44. The monoisotopic (exact) mass is 310 g/mol. The molecule has 0 aliphatic rings. The molecule has 0 unspecified atom stereocenters. The zero-order valence-corrected chi connectivity index (χ0v) is 12.9. The molecule has 0 fully saturated rings. The number of benzene rings is 1. The molecule has 20 heavy (non-hydrogen) atoms. The molecule has 1 heterocycles. The van der Waals surface area contributed by atoms with Gasteiger partial charge in [0.2, 0.25) is 0 Å². The minimum Gasteiger partial charge on any atom is -0.313 e. The molecule has 0 spiro atoms. The van der Waals surface area contributed by atoms with Gasteiger partial charge in [-0.05, 0) is 42.1 Å². The van der Waals surface area contributed by atoms with Gasteiger partial charge in [0.05, 0.1) is 10.6 Å². The first-order valence-electron chi connectivity index (χ1n) is 6.46. The van der Waals surface area contributed by atoms with Gasteiger partial charge in [-0.2, -0.15) is 11.3 Å². The van der Waals surface area contributed by atoms with Crippen LogP contribution in [0.1, 0.15) is 18.9 Å². The van der Waals surface area contributed by atoms with Crippen LogP contribution < -0.4 is 10.0 Å². The van der Waals surface area contributed by atoms with Crippen LogP contribution in [0.15, 0.2) is 46.0 Å². The van der Waals surface area contributed by atoms with Crippen molar-refractivity contribution in [2.75, 3.05) is 11.3 Å². The molecule has 0 radical (unpaired) electrons. The fourth-order valence-corrected chi connectivity index (χ4v) is 3.55. The molecule has 0 saturated carbocycles. The van der Waals surface area contributed by atoms with Gasteiger partial charge in [0, 0.05) is 11.9 Å². The van der Waals surface area contributed by atoms with Gasteiger partial charge in [-0.15, -0.1) is 0 Å². The number of thiophene rings is 1. The number of anilines is 1. The van der Waals surface area contributed by atoms with Crippen molar-refractivity contribution < 1.29 is 8.42 Å². The Labute approximate surface area is 123 Å². The number of hydrogen-bond donors (Lipinski definition) is 2. The van der Waals surface area contributed by atoms with Crippen LogP contribution in [0.5, 0.6) is 0 Å². The molecule has 1 aromatic heterocycles. The Morgan fingerprint density at radius 2 is 2.10 bits per heavy atom. The highest BCUT2D eigenvalue weighted by molar-refractivity contribution is 7.92. The van der Waals surface area contributed by atoms with Gasteiger partial charge in [0.15, 0.2) is 0 Å². The van der Waals surface area contributed by atoms with E-state index < -0.39 is 10.0 Å². The van der Waals surface area contributed by atoms with Gasteiger partial charge in [-0.3, -0.25) is 4.72 Å². The second-order valence-corrected chi connectivity index (χ2v) is 6.90. The van der Waals surface area contributed by atoms with E-state index in [2.05, 4.69) is 17.0 Å². The smallest absolute Gasteiger partial charge is 0.261 e. The van der Waals surface area contributed by atoms with Crippen LogP contribution in [0.2, 0.25) is 0 Å². The van der Waals surface area contributed by atoms with Crippen molar-refractivity contribution in [1.82, 2.24) is 5.32 Å². The Balaban J connectivity index is 2.13. The first-order valence-corrected chi connectivity index (χ1v) is 8.89. The lowest BCUT2D eigenvalue weighted by Crippen LogP contribution is -2.15. The quantitative estimate of drug-likeness (QED) is 0.773. The predicted octanol–water partition coefficient (Wildman–Crippen LogP) is 3.05. The summed E-state index contributed by atoms with van der Waals surface area (Å²) < 4.78 is 27.1. The van der Waals surface area contributed by atoms with E-state index in [4.69, 9.17) is 0 Å². The normalized spacial score (nSPS) is 11.4. The molecule has 0 amide bonds. The molecule has 4 nitrogen and oxygen atoms in total. The van der Waals surface area contributed by atoms with Crippen LogP contribution in [0.3, 0.4) is 0 Å². The van der Waals surface area contributed by atoms with E-state index in [-0.39, 0.29) is 0 Å². The molecule has 6 heteroatoms. The maximum Gasteiger partial charge on any atom is 0.261 e. The highest BCUT2D eigenvalue weighted by Crippen LogP contribution is 2.19. The van der Waals surface area contributed by atoms with Crippen LogP contribution >= 0.6 is 11.3 Å². The Kier molecular flexibility index (Phi) is 5.17. The Morgan fingerprint density at radius 3 is 2.80 bits per heavy atom. The van der Waals surface area contributed by atoms with Crippen molar-refractivity contribution in [3.8, 4) is 0 Å². The molecule has 0 aliphatic heterocycles. The first kappa shape index (κ1) is 15.0. The fourth-order valence-electron chi connectivity index (χ4n) is 1.77. The minimum absolute atomic E-state index is 0.291. The van der Waals surface area contributed by atoms with E-state index in [1.807, 2.05) is 11.4 Å². The van der Waals surface area contributed by atoms with Crippen LogP contribution in [0, 0.1) is 0 Å². The van der Waals surface area contributed by atoms with E-state index in [1.165, 1.54) is 11.3 Å². The van der Waals surface area contributed by atoms with Gasteiger partial charge in [-0.1, -0.05) is 19.1 Å². The van der Waals surface area contributed by atoms with Crippen molar-refractivity contribution >= 4 is 27.0 Å². The summed E-state index contributed by atoms with van der Waals surface area (Å²) in [5, 5.41) is 6.87. The Bertz CT molecular complexity index is 637. The summed E-state index contributed by atoms with van der Waals surface area (Å²) in [6.45, 7) is 3.69. The maximum atomic E-state index is 12.3. The third-order valence-corrected chi connectivity index (χ3v) is 4.80. The SMILES string of the molecule is CCCNCc1cccc(S(=O)(=O)Nc2ccsc2)c1. The summed E-state index contributed by atoms with van der Waals surface area (Å²) in [7, 11) is -3.51. The maximum absolute atomic E-state index is 12.3. The average Bonchev–Trinajstić information content (AvgIpc) is 2.92. The molecule has 2 rings (SSSR count). The molecular weight excluding hydrogens is 292 g/mol. The van der Waals surface area contributed by atoms with Crippen molar-refractivity contribution in [2.24, 2.45) is 0 Å². The summed E-state index contributed by atoms with van der Waals surface area (Å²) in [5.41, 5.74) is 1.57. The summed E-state index contributed by atoms with van der Waals surface area (Å²) in [6.07, 6.45) is 1.05. The van der Waals surface area contributed by atoms with E-state index in [0.29, 0.717) is 17.1 Å². The molecule has 2 N–H and O–H groups in total. The molecule has 1 aromatic carbocycles. The lowest BCUT2D eigenvalue weighted by atomic mass is 10.2. The molecule has 0 aliphatic carbocycles. The lowest BCUT2D eigenvalue weighted by Gasteiger charge is -2.08. The third kappa shape index (κ3) is 4.06. The van der Waals surface area contributed by atoms with E-state index in [0.717, 1.165) is 18.5 Å². The molecule has 0 saturated heterocycles. The Morgan fingerprint density at radius 1 is 1.25 bits per heavy atom. The molecule has 0 atom stereocenters. The van der Waals surface area contributed by atoms with Crippen LogP contribution in [0.4, 0.5) is 5.69 Å². The molecular formula is C14H18N2O2S2. The number of nitrogens with one attached hydrogen (secondary N) is 2. The van der Waals surface area contributed by atoms with Gasteiger partial charge in [-0.25, -0.2) is 8.42 Å². The van der Waals surface area contributed by atoms with Gasteiger partial charge in [0.25, 0.3) is 10.0 Å². The summed E-state index contributed by atoms with van der Waals surface area (Å²) >= 11 is 1.46. The van der Waals surface area contributed by atoms with E-state index >= 15 is 0 Å². The van der Waals surface area contributed by atoms with Crippen molar-refractivity contribution in [2.45, 2.75) is 24.8 Å². The number of hydrogen-bond acceptors (Lipinski definition) is 4. The van der Waals surface area contributed by atoms with Crippen molar-refractivity contribution in [3.63, 3.8) is 0 Å². The van der Waals surface area contributed by atoms with Gasteiger partial charge < -0.3 is 5.32 Å².